The van der Waals surface area contributed by atoms with Gasteiger partial charge in [-0.2, -0.15) is 0 Å². The first-order chi connectivity index (χ1) is 12.6. The van der Waals surface area contributed by atoms with E-state index < -0.39 is 11.6 Å². The zero-order valence-corrected chi connectivity index (χ0v) is 13.9. The number of halogens is 2. The number of H-pyrrole nitrogens is 1. The second-order valence-electron chi connectivity index (χ2n) is 6.34. The van der Waals surface area contributed by atoms with Gasteiger partial charge < -0.3 is 15.6 Å². The topological polar surface area (TPSA) is 56.9 Å². The molecule has 2 aromatic rings. The lowest BCUT2D eigenvalue weighted by atomic mass is 9.90. The Morgan fingerprint density at radius 2 is 2.12 bits per heavy atom. The molecule has 132 valence electrons. The first-order valence-electron chi connectivity index (χ1n) is 8.35. The fourth-order valence-corrected chi connectivity index (χ4v) is 3.24. The Morgan fingerprint density at radius 3 is 2.88 bits per heavy atom. The van der Waals surface area contributed by atoms with Crippen molar-refractivity contribution in [1.82, 2.24) is 15.6 Å². The minimum absolute atomic E-state index is 0.0589. The van der Waals surface area contributed by atoms with Crippen LogP contribution in [0.2, 0.25) is 0 Å². The Kier molecular flexibility index (Phi) is 4.16. The van der Waals surface area contributed by atoms with Crippen LogP contribution in [-0.4, -0.2) is 10.9 Å². The summed E-state index contributed by atoms with van der Waals surface area (Å²) < 4.78 is 26.8. The normalized spacial score (nSPS) is 20.5. The Bertz CT molecular complexity index is 942. The highest BCUT2D eigenvalue weighted by Gasteiger charge is 2.34. The predicted octanol–water partition coefficient (Wildman–Crippen LogP) is 3.38. The van der Waals surface area contributed by atoms with Crippen LogP contribution in [-0.2, 0) is 11.3 Å². The van der Waals surface area contributed by atoms with E-state index in [0.29, 0.717) is 17.6 Å². The van der Waals surface area contributed by atoms with Gasteiger partial charge in [-0.05, 0) is 42.8 Å². The summed E-state index contributed by atoms with van der Waals surface area (Å²) >= 11 is 0. The van der Waals surface area contributed by atoms with Crippen LogP contribution in [0.5, 0.6) is 0 Å². The number of carbonyl (C=O) groups excluding carboxylic acids is 1. The van der Waals surface area contributed by atoms with Crippen molar-refractivity contribution in [2.75, 3.05) is 0 Å². The van der Waals surface area contributed by atoms with Crippen LogP contribution < -0.4 is 10.6 Å². The minimum Gasteiger partial charge on any atom is -0.384 e. The number of hydrogen-bond acceptors (Lipinski definition) is 2. The number of amides is 1. The summed E-state index contributed by atoms with van der Waals surface area (Å²) in [5.74, 6) is -1.33. The second kappa shape index (κ2) is 6.63. The van der Waals surface area contributed by atoms with Gasteiger partial charge in [-0.1, -0.05) is 6.07 Å². The molecule has 0 spiro atoms. The number of aromatic amines is 1. The highest BCUT2D eigenvalue weighted by molar-refractivity contribution is 6.03. The van der Waals surface area contributed by atoms with Crippen LogP contribution in [0.3, 0.4) is 0 Å². The van der Waals surface area contributed by atoms with Crippen LogP contribution in [0, 0.1) is 17.6 Å². The lowest BCUT2D eigenvalue weighted by Gasteiger charge is -2.20. The molecule has 3 N–H and O–H groups in total. The molecular weight excluding hydrogens is 336 g/mol. The van der Waals surface area contributed by atoms with Crippen molar-refractivity contribution >= 4 is 12.0 Å². The van der Waals surface area contributed by atoms with Crippen LogP contribution in [0.4, 0.5) is 8.78 Å². The first kappa shape index (κ1) is 16.3. The molecule has 1 unspecified atom stereocenters. The molecular formula is C20H17F2N3O. The monoisotopic (exact) mass is 353 g/mol. The number of carbonyl (C=O) groups is 1. The van der Waals surface area contributed by atoms with Crippen molar-refractivity contribution < 1.29 is 13.6 Å². The van der Waals surface area contributed by atoms with E-state index in [1.54, 1.807) is 6.20 Å². The van der Waals surface area contributed by atoms with Crippen LogP contribution in [0.1, 0.15) is 17.7 Å². The zero-order valence-electron chi connectivity index (χ0n) is 13.9. The Morgan fingerprint density at radius 1 is 1.23 bits per heavy atom. The summed E-state index contributed by atoms with van der Waals surface area (Å²) in [7, 11) is 0. The van der Waals surface area contributed by atoms with Gasteiger partial charge in [0.2, 0.25) is 0 Å². The number of nitrogens with one attached hydrogen (secondary N) is 3. The maximum absolute atomic E-state index is 13.8. The number of benzene rings is 1. The minimum atomic E-state index is -0.592. The second-order valence-corrected chi connectivity index (χ2v) is 6.34. The maximum Gasteiger partial charge on any atom is 0.252 e. The highest BCUT2D eigenvalue weighted by atomic mass is 19.1. The van der Waals surface area contributed by atoms with Gasteiger partial charge in [-0.25, -0.2) is 8.78 Å². The van der Waals surface area contributed by atoms with Gasteiger partial charge in [-0.3, -0.25) is 4.79 Å². The van der Waals surface area contributed by atoms with Crippen molar-refractivity contribution in [3.05, 3.63) is 88.5 Å². The SMILES string of the molecule is O=C1NC2=CC=C(NCc3ccc(F)cc3F)CC2/C1=C/c1ccc[nH]1. The number of aromatic nitrogens is 1. The smallest absolute Gasteiger partial charge is 0.252 e. The van der Waals surface area contributed by atoms with Crippen molar-refractivity contribution in [2.24, 2.45) is 5.92 Å². The average molecular weight is 353 g/mol. The summed E-state index contributed by atoms with van der Waals surface area (Å²) in [6.07, 6.45) is 8.01. The van der Waals surface area contributed by atoms with Gasteiger partial charge in [0.25, 0.3) is 5.91 Å². The van der Waals surface area contributed by atoms with Gasteiger partial charge in [0, 0.05) is 53.0 Å². The maximum atomic E-state index is 13.8. The fraction of sp³-hybridized carbons (Fsp3) is 0.150. The van der Waals surface area contributed by atoms with E-state index in [4.69, 9.17) is 0 Å². The molecule has 6 heteroatoms. The Balaban J connectivity index is 1.49. The summed E-state index contributed by atoms with van der Waals surface area (Å²) in [6.45, 7) is 0.255. The molecule has 1 atom stereocenters. The molecule has 1 amide bonds. The van der Waals surface area contributed by atoms with Crippen molar-refractivity contribution in [3.8, 4) is 0 Å². The average Bonchev–Trinajstić information content (AvgIpc) is 3.23. The molecule has 0 saturated carbocycles. The van der Waals surface area contributed by atoms with Crippen molar-refractivity contribution in [1.29, 1.82) is 0 Å². The molecule has 1 aromatic heterocycles. The summed E-state index contributed by atoms with van der Waals surface area (Å²) in [5.41, 5.74) is 3.72. The predicted molar refractivity (Wildman–Crippen MR) is 94.4 cm³/mol. The Hall–Kier alpha value is -3.15. The summed E-state index contributed by atoms with van der Waals surface area (Å²) in [4.78, 5) is 15.3. The quantitative estimate of drug-likeness (QED) is 0.738. The molecule has 2 aliphatic rings. The molecule has 1 saturated heterocycles. The number of fused-ring (bicyclic) bond motifs is 1. The molecule has 1 aliphatic carbocycles. The molecule has 1 aromatic carbocycles. The third-order valence-corrected chi connectivity index (χ3v) is 4.61. The van der Waals surface area contributed by atoms with Crippen LogP contribution in [0.25, 0.3) is 6.08 Å². The van der Waals surface area contributed by atoms with Crippen LogP contribution >= 0.6 is 0 Å². The summed E-state index contributed by atoms with van der Waals surface area (Å²) in [6, 6.07) is 7.32. The first-order valence-corrected chi connectivity index (χ1v) is 8.35. The van der Waals surface area contributed by atoms with Crippen molar-refractivity contribution in [2.45, 2.75) is 13.0 Å². The van der Waals surface area contributed by atoms with Gasteiger partial charge in [0.05, 0.1) is 0 Å². The largest absolute Gasteiger partial charge is 0.384 e. The third-order valence-electron chi connectivity index (χ3n) is 4.61. The molecule has 1 aliphatic heterocycles. The molecule has 4 rings (SSSR count). The highest BCUT2D eigenvalue weighted by Crippen LogP contribution is 2.35. The lowest BCUT2D eigenvalue weighted by molar-refractivity contribution is -0.115. The van der Waals surface area contributed by atoms with E-state index in [1.165, 1.54) is 12.1 Å². The molecule has 1 fully saturated rings. The van der Waals surface area contributed by atoms with E-state index in [1.807, 2.05) is 30.4 Å². The van der Waals surface area contributed by atoms with E-state index in [2.05, 4.69) is 15.6 Å². The van der Waals surface area contributed by atoms with E-state index in [-0.39, 0.29) is 18.4 Å². The fourth-order valence-electron chi connectivity index (χ4n) is 3.24. The molecule has 0 bridgehead atoms. The molecule has 26 heavy (non-hydrogen) atoms. The van der Waals surface area contributed by atoms with E-state index >= 15 is 0 Å². The number of hydrogen-bond donors (Lipinski definition) is 3. The Labute approximate surface area is 149 Å². The summed E-state index contributed by atoms with van der Waals surface area (Å²) in [5, 5.41) is 6.08. The number of rotatable bonds is 4. The van der Waals surface area contributed by atoms with E-state index in [9.17, 15) is 13.6 Å². The van der Waals surface area contributed by atoms with E-state index in [0.717, 1.165) is 23.2 Å². The molecule has 0 radical (unpaired) electrons. The van der Waals surface area contributed by atoms with Gasteiger partial charge in [0.1, 0.15) is 11.6 Å². The third kappa shape index (κ3) is 3.18. The molecule has 2 heterocycles. The van der Waals surface area contributed by atoms with Gasteiger partial charge in [-0.15, -0.1) is 0 Å². The molecule has 4 nitrogen and oxygen atoms in total. The standard InChI is InChI=1S/C20H17F2N3O/c21-13-4-3-12(18(22)8-13)11-24-15-5-6-19-16(9-15)17(20(26)25-19)10-14-2-1-7-23-14/h1-8,10,16,23-24H,9,11H2,(H,25,26)/b17-10-. The van der Waals surface area contributed by atoms with Gasteiger partial charge >= 0.3 is 0 Å². The number of allylic oxidation sites excluding steroid dienone is 4. The lowest BCUT2D eigenvalue weighted by Crippen LogP contribution is -2.20. The van der Waals surface area contributed by atoms with Crippen LogP contribution in [0.15, 0.2) is 65.6 Å². The van der Waals surface area contributed by atoms with Gasteiger partial charge in [0.15, 0.2) is 0 Å². The van der Waals surface area contributed by atoms with Crippen molar-refractivity contribution in [3.63, 3.8) is 0 Å². The zero-order chi connectivity index (χ0) is 18.1.